The number of amides is 2. The summed E-state index contributed by atoms with van der Waals surface area (Å²) in [7, 11) is 0. The molecule has 0 saturated carbocycles. The molecule has 0 saturated heterocycles. The Kier molecular flexibility index (Phi) is 5.40. The molecular weight excluding hydrogens is 365 g/mol. The van der Waals surface area contributed by atoms with Gasteiger partial charge in [-0.15, -0.1) is 0 Å². The molecule has 0 heterocycles. The van der Waals surface area contributed by atoms with Gasteiger partial charge >= 0.3 is 0 Å². The molecule has 8 heteroatoms. The third-order valence-corrected chi connectivity index (χ3v) is 3.87. The fourth-order valence-electron chi connectivity index (χ4n) is 2.56. The van der Waals surface area contributed by atoms with Gasteiger partial charge in [0, 0.05) is 11.8 Å². The summed E-state index contributed by atoms with van der Waals surface area (Å²) < 4.78 is 13.9. The number of hydrogen-bond acceptors (Lipinski definition) is 4. The molecular formula is C20H14FN3O4. The highest BCUT2D eigenvalue weighted by Crippen LogP contribution is 2.29. The van der Waals surface area contributed by atoms with Gasteiger partial charge in [0.2, 0.25) is 0 Å². The number of nitrogens with zero attached hydrogens (tertiary/aromatic N) is 1. The molecule has 3 aromatic rings. The van der Waals surface area contributed by atoms with Crippen LogP contribution < -0.4 is 10.6 Å². The van der Waals surface area contributed by atoms with E-state index < -0.39 is 28.2 Å². The Morgan fingerprint density at radius 2 is 1.39 bits per heavy atom. The van der Waals surface area contributed by atoms with Crippen molar-refractivity contribution in [3.8, 4) is 0 Å². The van der Waals surface area contributed by atoms with Crippen molar-refractivity contribution < 1.29 is 18.9 Å². The number of nitrogens with one attached hydrogen (secondary N) is 2. The Balaban J connectivity index is 1.98. The smallest absolute Gasteiger partial charge is 0.293 e. The number of halogens is 1. The Bertz CT molecular complexity index is 1050. The first-order valence-electron chi connectivity index (χ1n) is 8.17. The molecule has 0 aliphatic heterocycles. The minimum atomic E-state index is -0.902. The van der Waals surface area contributed by atoms with Crippen molar-refractivity contribution in [3.05, 3.63) is 99.9 Å². The summed E-state index contributed by atoms with van der Waals surface area (Å²) in [5.74, 6) is -2.34. The topological polar surface area (TPSA) is 101 Å². The number of anilines is 2. The summed E-state index contributed by atoms with van der Waals surface area (Å²) in [6.45, 7) is 0. The van der Waals surface area contributed by atoms with Crippen LogP contribution in [0.3, 0.4) is 0 Å². The molecule has 0 aliphatic carbocycles. The van der Waals surface area contributed by atoms with Crippen molar-refractivity contribution in [1.82, 2.24) is 0 Å². The molecule has 3 rings (SSSR count). The highest BCUT2D eigenvalue weighted by molar-refractivity contribution is 6.14. The minimum absolute atomic E-state index is 0.122. The quantitative estimate of drug-likeness (QED) is 0.511. The van der Waals surface area contributed by atoms with E-state index in [0.29, 0.717) is 5.69 Å². The van der Waals surface area contributed by atoms with Gasteiger partial charge in [-0.2, -0.15) is 0 Å². The Morgan fingerprint density at radius 3 is 2.07 bits per heavy atom. The first-order chi connectivity index (χ1) is 13.5. The lowest BCUT2D eigenvalue weighted by atomic mass is 10.1. The minimum Gasteiger partial charge on any atom is -0.322 e. The highest BCUT2D eigenvalue weighted by Gasteiger charge is 2.24. The predicted octanol–water partition coefficient (Wildman–Crippen LogP) is 4.24. The number of nitro benzene ring substituents is 1. The maximum absolute atomic E-state index is 13.9. The van der Waals surface area contributed by atoms with E-state index in [2.05, 4.69) is 10.6 Å². The maximum Gasteiger partial charge on any atom is 0.293 e. The molecule has 0 aromatic heterocycles. The van der Waals surface area contributed by atoms with E-state index in [1.54, 1.807) is 30.3 Å². The highest BCUT2D eigenvalue weighted by atomic mass is 19.1. The van der Waals surface area contributed by atoms with E-state index in [4.69, 9.17) is 0 Å². The van der Waals surface area contributed by atoms with Gasteiger partial charge in [0.1, 0.15) is 11.5 Å². The Hall–Kier alpha value is -4.07. The number of hydrogen-bond donors (Lipinski definition) is 2. The molecule has 140 valence electrons. The van der Waals surface area contributed by atoms with E-state index in [9.17, 15) is 24.1 Å². The van der Waals surface area contributed by atoms with E-state index in [-0.39, 0.29) is 16.8 Å². The van der Waals surface area contributed by atoms with E-state index >= 15 is 0 Å². The number of para-hydroxylation sites is 2. The van der Waals surface area contributed by atoms with Crippen LogP contribution in [-0.4, -0.2) is 16.7 Å². The fourth-order valence-corrected chi connectivity index (χ4v) is 2.56. The Morgan fingerprint density at radius 1 is 0.786 bits per heavy atom. The van der Waals surface area contributed by atoms with Crippen LogP contribution in [0.2, 0.25) is 0 Å². The first kappa shape index (κ1) is 18.7. The van der Waals surface area contributed by atoms with Gasteiger partial charge in [0.25, 0.3) is 17.5 Å². The maximum atomic E-state index is 13.9. The third-order valence-electron chi connectivity index (χ3n) is 3.87. The van der Waals surface area contributed by atoms with Crippen molar-refractivity contribution in [2.45, 2.75) is 0 Å². The number of nitro groups is 1. The SMILES string of the molecule is O=C(Nc1c(C(=O)Nc2ccccc2)cccc1[N+](=O)[O-])c1ccccc1F. The van der Waals surface area contributed by atoms with E-state index in [1.165, 1.54) is 30.3 Å². The van der Waals surface area contributed by atoms with Crippen LogP contribution in [0.1, 0.15) is 20.7 Å². The lowest BCUT2D eigenvalue weighted by Gasteiger charge is -2.12. The molecule has 2 amide bonds. The Labute approximate surface area is 159 Å². The van der Waals surface area contributed by atoms with E-state index in [1.807, 2.05) is 0 Å². The van der Waals surface area contributed by atoms with Gasteiger partial charge in [0.15, 0.2) is 0 Å². The second kappa shape index (κ2) is 8.09. The van der Waals surface area contributed by atoms with Crippen LogP contribution in [-0.2, 0) is 0 Å². The number of carbonyl (C=O) groups is 2. The summed E-state index contributed by atoms with van der Waals surface area (Å²) in [6, 6.07) is 17.5. The van der Waals surface area contributed by atoms with Crippen LogP contribution in [0, 0.1) is 15.9 Å². The molecule has 0 radical (unpaired) electrons. The predicted molar refractivity (Wildman–Crippen MR) is 102 cm³/mol. The lowest BCUT2D eigenvalue weighted by molar-refractivity contribution is -0.383. The first-order valence-corrected chi connectivity index (χ1v) is 8.17. The zero-order chi connectivity index (χ0) is 20.1. The molecule has 0 unspecified atom stereocenters. The zero-order valence-electron chi connectivity index (χ0n) is 14.4. The van der Waals surface area contributed by atoms with Crippen molar-refractivity contribution >= 4 is 28.9 Å². The van der Waals surface area contributed by atoms with Crippen LogP contribution >= 0.6 is 0 Å². The van der Waals surface area contributed by atoms with Gasteiger partial charge in [0.05, 0.1) is 16.1 Å². The molecule has 0 atom stereocenters. The third kappa shape index (κ3) is 4.01. The largest absolute Gasteiger partial charge is 0.322 e. The fraction of sp³-hybridized carbons (Fsp3) is 0. The molecule has 0 fully saturated rings. The van der Waals surface area contributed by atoms with Gasteiger partial charge < -0.3 is 10.6 Å². The summed E-state index contributed by atoms with van der Waals surface area (Å²) in [5.41, 5.74) is -0.734. The van der Waals surface area contributed by atoms with Crippen LogP contribution in [0.15, 0.2) is 72.8 Å². The summed E-state index contributed by atoms with van der Waals surface area (Å²) in [6.07, 6.45) is 0. The number of benzene rings is 3. The summed E-state index contributed by atoms with van der Waals surface area (Å²) in [5, 5.41) is 16.3. The van der Waals surface area contributed by atoms with Crippen molar-refractivity contribution in [3.63, 3.8) is 0 Å². The van der Waals surface area contributed by atoms with Crippen LogP contribution in [0.4, 0.5) is 21.5 Å². The van der Waals surface area contributed by atoms with Gasteiger partial charge in [-0.05, 0) is 30.3 Å². The zero-order valence-corrected chi connectivity index (χ0v) is 14.4. The molecule has 28 heavy (non-hydrogen) atoms. The van der Waals surface area contributed by atoms with Gasteiger partial charge in [-0.25, -0.2) is 4.39 Å². The number of rotatable bonds is 5. The molecule has 0 bridgehead atoms. The van der Waals surface area contributed by atoms with Crippen LogP contribution in [0.25, 0.3) is 0 Å². The van der Waals surface area contributed by atoms with Gasteiger partial charge in [-0.1, -0.05) is 36.4 Å². The summed E-state index contributed by atoms with van der Waals surface area (Å²) >= 11 is 0. The average Bonchev–Trinajstić information content (AvgIpc) is 2.69. The van der Waals surface area contributed by atoms with Crippen molar-refractivity contribution in [1.29, 1.82) is 0 Å². The molecule has 0 spiro atoms. The number of carbonyl (C=O) groups excluding carboxylic acids is 2. The molecule has 7 nitrogen and oxygen atoms in total. The second-order valence-electron chi connectivity index (χ2n) is 5.71. The second-order valence-corrected chi connectivity index (χ2v) is 5.71. The molecule has 2 N–H and O–H groups in total. The van der Waals surface area contributed by atoms with Crippen molar-refractivity contribution in [2.24, 2.45) is 0 Å². The average molecular weight is 379 g/mol. The normalized spacial score (nSPS) is 10.2. The monoisotopic (exact) mass is 379 g/mol. The van der Waals surface area contributed by atoms with Crippen molar-refractivity contribution in [2.75, 3.05) is 10.6 Å². The molecule has 0 aliphatic rings. The standard InChI is InChI=1S/C20H14FN3O4/c21-16-11-5-4-9-14(16)19(25)23-18-15(10-6-12-17(18)24(27)28)20(26)22-13-7-2-1-3-8-13/h1-12H,(H,22,26)(H,23,25). The van der Waals surface area contributed by atoms with E-state index in [0.717, 1.165) is 12.1 Å². The lowest BCUT2D eigenvalue weighted by Crippen LogP contribution is -2.20. The van der Waals surface area contributed by atoms with Crippen LogP contribution in [0.5, 0.6) is 0 Å². The summed E-state index contributed by atoms with van der Waals surface area (Å²) in [4.78, 5) is 35.7. The molecule has 3 aromatic carbocycles. The van der Waals surface area contributed by atoms with Gasteiger partial charge in [-0.3, -0.25) is 19.7 Å².